The van der Waals surface area contributed by atoms with E-state index in [4.69, 9.17) is 0 Å². The minimum Gasteiger partial charge on any atom is -0.354 e. The van der Waals surface area contributed by atoms with Crippen LogP contribution < -0.4 is 5.32 Å². The van der Waals surface area contributed by atoms with E-state index in [1.807, 2.05) is 68.4 Å². The molecule has 2 amide bonds. The Hall–Kier alpha value is -3.40. The Morgan fingerprint density at radius 3 is 2.21 bits per heavy atom. The molecule has 0 unspecified atom stereocenters. The summed E-state index contributed by atoms with van der Waals surface area (Å²) in [5, 5.41) is 3.04. The van der Waals surface area contributed by atoms with Crippen molar-refractivity contribution in [2.45, 2.75) is 59.0 Å². The summed E-state index contributed by atoms with van der Waals surface area (Å²) in [5.41, 5.74) is 5.55. The average Bonchev–Trinajstić information content (AvgIpc) is 2.85. The molecule has 0 spiro atoms. The largest absolute Gasteiger partial charge is 0.354 e. The van der Waals surface area contributed by atoms with Crippen molar-refractivity contribution in [3.05, 3.63) is 107 Å². The smallest absolute Gasteiger partial charge is 0.243 e. The number of benzene rings is 3. The summed E-state index contributed by atoms with van der Waals surface area (Å²) in [7, 11) is 0. The zero-order valence-electron chi connectivity index (χ0n) is 20.6. The van der Waals surface area contributed by atoms with Gasteiger partial charge in [0.25, 0.3) is 0 Å². The van der Waals surface area contributed by atoms with Crippen molar-refractivity contribution >= 4 is 11.8 Å². The maximum atomic E-state index is 13.7. The van der Waals surface area contributed by atoms with Gasteiger partial charge in [0, 0.05) is 25.9 Å². The highest BCUT2D eigenvalue weighted by Crippen LogP contribution is 2.19. The second kappa shape index (κ2) is 12.7. The summed E-state index contributed by atoms with van der Waals surface area (Å²) >= 11 is 0. The molecule has 4 nitrogen and oxygen atoms in total. The standard InChI is InChI=1S/C30H36N2O2/c1-4-20-31-30(34)28(21-26-11-6-5-7-12-26)32(22-27-13-9-8-10-24(27)3)29(33)19-18-25-16-14-23(2)15-17-25/h5-17,28H,4,18-22H2,1-3H3,(H,31,34)/t28-/m1/s1. The number of aryl methyl sites for hydroxylation is 3. The third-order valence-electron chi connectivity index (χ3n) is 6.17. The molecular weight excluding hydrogens is 420 g/mol. The van der Waals surface area contributed by atoms with E-state index in [1.54, 1.807) is 4.90 Å². The maximum Gasteiger partial charge on any atom is 0.243 e. The van der Waals surface area contributed by atoms with Gasteiger partial charge < -0.3 is 10.2 Å². The minimum absolute atomic E-state index is 0.00333. The van der Waals surface area contributed by atoms with Crippen LogP contribution in [-0.2, 0) is 29.0 Å². The third kappa shape index (κ3) is 7.31. The summed E-state index contributed by atoms with van der Waals surface area (Å²) in [6, 6.07) is 25.7. The van der Waals surface area contributed by atoms with Crippen molar-refractivity contribution in [2.24, 2.45) is 0 Å². The molecule has 0 aliphatic rings. The maximum absolute atomic E-state index is 13.7. The van der Waals surface area contributed by atoms with Gasteiger partial charge in [-0.25, -0.2) is 0 Å². The van der Waals surface area contributed by atoms with Gasteiger partial charge in [0.05, 0.1) is 0 Å². The first kappa shape index (κ1) is 25.2. The highest BCUT2D eigenvalue weighted by molar-refractivity contribution is 5.88. The average molecular weight is 457 g/mol. The fraction of sp³-hybridized carbons (Fsp3) is 0.333. The molecule has 0 radical (unpaired) electrons. The molecule has 34 heavy (non-hydrogen) atoms. The Morgan fingerprint density at radius 2 is 1.53 bits per heavy atom. The molecule has 0 aliphatic heterocycles. The van der Waals surface area contributed by atoms with Crippen LogP contribution in [0, 0.1) is 13.8 Å². The Bertz CT molecular complexity index is 1060. The van der Waals surface area contributed by atoms with E-state index in [-0.39, 0.29) is 11.8 Å². The van der Waals surface area contributed by atoms with Gasteiger partial charge >= 0.3 is 0 Å². The molecule has 3 aromatic rings. The lowest BCUT2D eigenvalue weighted by Gasteiger charge is -2.32. The lowest BCUT2D eigenvalue weighted by atomic mass is 10.00. The van der Waals surface area contributed by atoms with E-state index in [1.165, 1.54) is 5.56 Å². The molecule has 1 atom stereocenters. The molecule has 178 valence electrons. The number of nitrogens with zero attached hydrogens (tertiary/aromatic N) is 1. The molecule has 3 rings (SSSR count). The predicted molar refractivity (Wildman–Crippen MR) is 138 cm³/mol. The van der Waals surface area contributed by atoms with Crippen LogP contribution in [0.15, 0.2) is 78.9 Å². The predicted octanol–water partition coefficient (Wildman–Crippen LogP) is 5.40. The second-order valence-corrected chi connectivity index (χ2v) is 8.93. The van der Waals surface area contributed by atoms with Crippen molar-refractivity contribution in [1.82, 2.24) is 10.2 Å². The van der Waals surface area contributed by atoms with Crippen molar-refractivity contribution in [1.29, 1.82) is 0 Å². The van der Waals surface area contributed by atoms with E-state index in [0.717, 1.165) is 28.7 Å². The van der Waals surface area contributed by atoms with Gasteiger partial charge in [0.2, 0.25) is 11.8 Å². The Kier molecular flexibility index (Phi) is 9.45. The molecule has 0 saturated heterocycles. The number of nitrogens with one attached hydrogen (secondary N) is 1. The number of amides is 2. The summed E-state index contributed by atoms with van der Waals surface area (Å²) in [5.74, 6) is -0.0978. The number of hydrogen-bond donors (Lipinski definition) is 1. The van der Waals surface area contributed by atoms with Crippen LogP contribution in [0.3, 0.4) is 0 Å². The zero-order chi connectivity index (χ0) is 24.3. The van der Waals surface area contributed by atoms with Crippen molar-refractivity contribution < 1.29 is 9.59 Å². The second-order valence-electron chi connectivity index (χ2n) is 8.93. The zero-order valence-corrected chi connectivity index (χ0v) is 20.6. The summed E-state index contributed by atoms with van der Waals surface area (Å²) in [6.07, 6.45) is 2.35. The number of rotatable bonds is 11. The van der Waals surface area contributed by atoms with Gasteiger partial charge in [0.1, 0.15) is 6.04 Å². The first-order valence-corrected chi connectivity index (χ1v) is 12.2. The number of carbonyl (C=O) groups is 2. The van der Waals surface area contributed by atoms with Crippen molar-refractivity contribution in [3.8, 4) is 0 Å². The van der Waals surface area contributed by atoms with Crippen LogP contribution in [0.5, 0.6) is 0 Å². The molecule has 0 saturated carbocycles. The van der Waals surface area contributed by atoms with E-state index in [2.05, 4.69) is 36.5 Å². The first-order chi connectivity index (χ1) is 16.5. The van der Waals surface area contributed by atoms with Crippen LogP contribution >= 0.6 is 0 Å². The first-order valence-electron chi connectivity index (χ1n) is 12.2. The van der Waals surface area contributed by atoms with Crippen molar-refractivity contribution in [2.75, 3.05) is 6.54 Å². The highest BCUT2D eigenvalue weighted by Gasteiger charge is 2.30. The lowest BCUT2D eigenvalue weighted by molar-refractivity contribution is -0.141. The highest BCUT2D eigenvalue weighted by atomic mass is 16.2. The monoisotopic (exact) mass is 456 g/mol. The van der Waals surface area contributed by atoms with Gasteiger partial charge in [-0.3, -0.25) is 9.59 Å². The molecule has 0 aliphatic carbocycles. The minimum atomic E-state index is -0.570. The van der Waals surface area contributed by atoms with Crippen LogP contribution in [0.2, 0.25) is 0 Å². The van der Waals surface area contributed by atoms with Crippen molar-refractivity contribution in [3.63, 3.8) is 0 Å². The van der Waals surface area contributed by atoms with Gasteiger partial charge in [-0.05, 0) is 48.9 Å². The molecular formula is C30H36N2O2. The number of hydrogen-bond acceptors (Lipinski definition) is 2. The summed E-state index contributed by atoms with van der Waals surface area (Å²) in [4.78, 5) is 28.8. The molecule has 1 N–H and O–H groups in total. The Labute approximate surface area is 204 Å². The topological polar surface area (TPSA) is 49.4 Å². The normalized spacial score (nSPS) is 11.6. The van der Waals surface area contributed by atoms with E-state index < -0.39 is 6.04 Å². The summed E-state index contributed by atoms with van der Waals surface area (Å²) in [6.45, 7) is 7.15. The van der Waals surface area contributed by atoms with E-state index in [0.29, 0.717) is 32.4 Å². The van der Waals surface area contributed by atoms with Gasteiger partial charge in [-0.2, -0.15) is 0 Å². The fourth-order valence-electron chi connectivity index (χ4n) is 4.04. The quantitative estimate of drug-likeness (QED) is 0.420. The number of carbonyl (C=O) groups excluding carboxylic acids is 2. The molecule has 0 heterocycles. The lowest BCUT2D eigenvalue weighted by Crippen LogP contribution is -2.50. The summed E-state index contributed by atoms with van der Waals surface area (Å²) < 4.78 is 0. The third-order valence-corrected chi connectivity index (χ3v) is 6.17. The molecule has 0 bridgehead atoms. The van der Waals surface area contributed by atoms with Gasteiger partial charge in [0.15, 0.2) is 0 Å². The molecule has 0 aromatic heterocycles. The van der Waals surface area contributed by atoms with Crippen LogP contribution in [0.4, 0.5) is 0 Å². The van der Waals surface area contributed by atoms with E-state index in [9.17, 15) is 9.59 Å². The van der Waals surface area contributed by atoms with Crippen LogP contribution in [-0.4, -0.2) is 29.3 Å². The van der Waals surface area contributed by atoms with E-state index >= 15 is 0 Å². The van der Waals surface area contributed by atoms with Gasteiger partial charge in [-0.15, -0.1) is 0 Å². The fourth-order valence-corrected chi connectivity index (χ4v) is 4.04. The van der Waals surface area contributed by atoms with Gasteiger partial charge in [-0.1, -0.05) is 91.3 Å². The van der Waals surface area contributed by atoms with Crippen LogP contribution in [0.25, 0.3) is 0 Å². The molecule has 3 aromatic carbocycles. The molecule has 0 fully saturated rings. The SMILES string of the molecule is CCCNC(=O)[C@@H](Cc1ccccc1)N(Cc1ccccc1C)C(=O)CCc1ccc(C)cc1. The van der Waals surface area contributed by atoms with Crippen LogP contribution in [0.1, 0.15) is 47.6 Å². The molecule has 4 heteroatoms. The Morgan fingerprint density at radius 1 is 0.853 bits per heavy atom. The Balaban J connectivity index is 1.89.